The maximum absolute atomic E-state index is 13.4. The molecule has 0 aromatic carbocycles. The lowest BCUT2D eigenvalue weighted by molar-refractivity contribution is -0.305. The number of amides is 1. The Balaban J connectivity index is 2.76. The van der Waals surface area contributed by atoms with Gasteiger partial charge in [-0.25, -0.2) is 0 Å². The quantitative estimate of drug-likeness (QED) is 0.0195. The van der Waals surface area contributed by atoms with Crippen molar-refractivity contribution in [3.8, 4) is 0 Å². The summed E-state index contributed by atoms with van der Waals surface area (Å²) in [5, 5.41) is 56.9. The van der Waals surface area contributed by atoms with Crippen molar-refractivity contribution in [2.24, 2.45) is 0 Å². The number of nitrogens with one attached hydrogen (secondary N) is 1. The van der Waals surface area contributed by atoms with Gasteiger partial charge in [0.2, 0.25) is 5.91 Å². The highest BCUT2D eigenvalue weighted by Gasteiger charge is 2.47. The molecule has 1 aliphatic rings. The van der Waals surface area contributed by atoms with Gasteiger partial charge in [0.05, 0.1) is 25.4 Å². The highest BCUT2D eigenvalue weighted by Crippen LogP contribution is 2.26. The minimum absolute atomic E-state index is 0.109. The Kier molecular flexibility index (Phi) is 48.0. The number of ether oxygens (including phenoxy) is 3. The topological polar surface area (TPSA) is 175 Å². The molecule has 0 aliphatic carbocycles. The van der Waals surface area contributed by atoms with Crippen LogP contribution in [-0.2, 0) is 23.8 Å². The summed E-state index contributed by atoms with van der Waals surface area (Å²) in [6, 6.07) is -1.06. The normalized spacial score (nSPS) is 19.8. The second-order valence-electron chi connectivity index (χ2n) is 20.7. The molecule has 1 saturated heterocycles. The predicted octanol–water partition coefficient (Wildman–Crippen LogP) is 14.2. The van der Waals surface area contributed by atoms with Gasteiger partial charge in [0.1, 0.15) is 24.4 Å². The number of carbonyl (C=O) groups excluding carboxylic acids is 2. The predicted molar refractivity (Wildman–Crippen MR) is 310 cm³/mol. The first kappa shape index (κ1) is 69.9. The largest absolute Gasteiger partial charge is 0.454 e. The third kappa shape index (κ3) is 39.8. The molecule has 0 aromatic heterocycles. The molecule has 0 bridgehead atoms. The summed E-state index contributed by atoms with van der Waals surface area (Å²) in [5.74, 6) is -1.26. The molecule has 0 spiro atoms. The van der Waals surface area contributed by atoms with Crippen LogP contribution in [0.3, 0.4) is 0 Å². The molecule has 8 atom stereocenters. The van der Waals surface area contributed by atoms with E-state index in [0.29, 0.717) is 12.8 Å². The molecular formula is C64H111NO10. The lowest BCUT2D eigenvalue weighted by atomic mass is 9.99. The van der Waals surface area contributed by atoms with Crippen molar-refractivity contribution in [1.82, 2.24) is 5.32 Å². The van der Waals surface area contributed by atoms with Gasteiger partial charge < -0.3 is 45.1 Å². The van der Waals surface area contributed by atoms with Crippen LogP contribution in [0.4, 0.5) is 0 Å². The fraction of sp³-hybridized carbons (Fsp3) is 0.750. The number of unbranched alkanes of at least 4 members (excludes halogenated alkanes) is 24. The van der Waals surface area contributed by atoms with Crippen molar-refractivity contribution >= 4 is 11.9 Å². The van der Waals surface area contributed by atoms with Crippen molar-refractivity contribution in [1.29, 1.82) is 0 Å². The molecular weight excluding hydrogens is 943 g/mol. The minimum Gasteiger partial charge on any atom is -0.454 e. The zero-order valence-corrected chi connectivity index (χ0v) is 47.6. The van der Waals surface area contributed by atoms with Gasteiger partial charge >= 0.3 is 5.97 Å². The van der Waals surface area contributed by atoms with E-state index in [1.165, 1.54) is 109 Å². The minimum atomic E-state index is -1.63. The van der Waals surface area contributed by atoms with Gasteiger partial charge in [0.25, 0.3) is 0 Å². The van der Waals surface area contributed by atoms with E-state index in [-0.39, 0.29) is 19.4 Å². The Bertz CT molecular complexity index is 1540. The highest BCUT2D eigenvalue weighted by atomic mass is 16.7. The van der Waals surface area contributed by atoms with E-state index in [9.17, 15) is 35.1 Å². The first-order valence-corrected chi connectivity index (χ1v) is 30.4. The second kappa shape index (κ2) is 51.6. The number of hydrogen-bond donors (Lipinski definition) is 6. The smallest absolute Gasteiger partial charge is 0.306 e. The number of aliphatic hydroxyl groups excluding tert-OH is 5. The van der Waals surface area contributed by atoms with Crippen molar-refractivity contribution < 1.29 is 49.3 Å². The number of aliphatic hydroxyl groups is 5. The zero-order chi connectivity index (χ0) is 54.7. The van der Waals surface area contributed by atoms with Crippen molar-refractivity contribution in [3.05, 3.63) is 85.1 Å². The summed E-state index contributed by atoms with van der Waals surface area (Å²) < 4.78 is 17.6. The Morgan fingerprint density at radius 3 is 1.44 bits per heavy atom. The summed E-state index contributed by atoms with van der Waals surface area (Å²) in [6.45, 7) is 5.63. The zero-order valence-electron chi connectivity index (χ0n) is 47.6. The average Bonchev–Trinajstić information content (AvgIpc) is 3.41. The number of hydrogen-bond acceptors (Lipinski definition) is 10. The van der Waals surface area contributed by atoms with Crippen molar-refractivity contribution in [3.63, 3.8) is 0 Å². The van der Waals surface area contributed by atoms with Gasteiger partial charge in [-0.15, -0.1) is 0 Å². The summed E-state index contributed by atoms with van der Waals surface area (Å²) in [6.07, 6.45) is 56.3. The van der Waals surface area contributed by atoms with E-state index < -0.39 is 67.4 Å². The maximum Gasteiger partial charge on any atom is 0.306 e. The van der Waals surface area contributed by atoms with Gasteiger partial charge in [-0.1, -0.05) is 234 Å². The van der Waals surface area contributed by atoms with Crippen LogP contribution < -0.4 is 5.32 Å². The van der Waals surface area contributed by atoms with Crippen LogP contribution in [0, 0.1) is 0 Å². The molecule has 11 nitrogen and oxygen atoms in total. The van der Waals surface area contributed by atoms with Crippen molar-refractivity contribution in [2.45, 2.75) is 294 Å². The van der Waals surface area contributed by atoms with Crippen LogP contribution in [0.2, 0.25) is 0 Å². The Morgan fingerprint density at radius 1 is 0.533 bits per heavy atom. The van der Waals surface area contributed by atoms with Gasteiger partial charge in [-0.2, -0.15) is 0 Å². The summed E-state index contributed by atoms with van der Waals surface area (Å²) >= 11 is 0. The molecule has 6 N–H and O–H groups in total. The molecule has 1 aliphatic heterocycles. The Morgan fingerprint density at radius 2 is 0.960 bits per heavy atom. The van der Waals surface area contributed by atoms with Crippen LogP contribution in [0.1, 0.15) is 245 Å². The molecule has 11 heteroatoms. The first-order chi connectivity index (χ1) is 36.7. The standard InChI is InChI=1S/C64H111NO10/c1-4-7-10-13-16-19-22-25-27-29-31-34-37-40-43-46-49-52-59(69)75-62-61(71)60(70)58(53-66)74-64(62)73-54-55(56(67)50-47-44-41-38-35-32-24-21-18-15-12-9-6-3)65-63(72)57(68)51-48-45-42-39-36-33-30-28-26-23-20-17-14-11-8-5-2/h8,11,17,20,25-28,33,36,42,45,47,50,55-58,60-62,64,66-68,70-71H,4-7,9-10,12-16,18-19,21-24,29-32,34-35,37-41,43-44,46,48-49,51-54H2,1-3H3,(H,65,72)/b11-8-,20-17-,27-25+,28-26-,36-33-,45-42-,50-47+. The summed E-state index contributed by atoms with van der Waals surface area (Å²) in [4.78, 5) is 26.5. The molecule has 1 rings (SSSR count). The van der Waals surface area contributed by atoms with E-state index in [1.807, 2.05) is 18.2 Å². The van der Waals surface area contributed by atoms with Crippen LogP contribution in [-0.4, -0.2) is 99.6 Å². The second-order valence-corrected chi connectivity index (χ2v) is 20.7. The molecule has 1 amide bonds. The Labute approximate surface area is 457 Å². The van der Waals surface area contributed by atoms with Gasteiger partial charge in [-0.3, -0.25) is 9.59 Å². The molecule has 75 heavy (non-hydrogen) atoms. The fourth-order valence-electron chi connectivity index (χ4n) is 8.97. The summed E-state index contributed by atoms with van der Waals surface area (Å²) in [7, 11) is 0. The highest BCUT2D eigenvalue weighted by molar-refractivity contribution is 5.80. The van der Waals surface area contributed by atoms with E-state index in [2.05, 4.69) is 86.8 Å². The van der Waals surface area contributed by atoms with E-state index in [1.54, 1.807) is 6.08 Å². The molecule has 0 saturated carbocycles. The van der Waals surface area contributed by atoms with Gasteiger partial charge in [-0.05, 0) is 89.9 Å². The van der Waals surface area contributed by atoms with Crippen LogP contribution in [0.25, 0.3) is 0 Å². The lowest BCUT2D eigenvalue weighted by Gasteiger charge is -2.41. The lowest BCUT2D eigenvalue weighted by Crippen LogP contribution is -2.61. The molecule has 1 fully saturated rings. The van der Waals surface area contributed by atoms with Crippen LogP contribution in [0.5, 0.6) is 0 Å². The molecule has 8 unspecified atom stereocenters. The Hall–Kier alpha value is -3.16. The van der Waals surface area contributed by atoms with Crippen LogP contribution >= 0.6 is 0 Å². The van der Waals surface area contributed by atoms with Gasteiger partial charge in [0, 0.05) is 6.42 Å². The van der Waals surface area contributed by atoms with E-state index in [4.69, 9.17) is 14.2 Å². The number of esters is 1. The third-order valence-electron chi connectivity index (χ3n) is 13.8. The number of carbonyl (C=O) groups is 2. The molecule has 432 valence electrons. The monoisotopic (exact) mass is 1050 g/mol. The molecule has 0 aromatic rings. The fourth-order valence-corrected chi connectivity index (χ4v) is 8.97. The molecule has 0 radical (unpaired) electrons. The van der Waals surface area contributed by atoms with E-state index in [0.717, 1.165) is 89.9 Å². The van der Waals surface area contributed by atoms with Crippen molar-refractivity contribution in [2.75, 3.05) is 13.2 Å². The maximum atomic E-state index is 13.4. The molecule has 1 heterocycles. The first-order valence-electron chi connectivity index (χ1n) is 30.4. The van der Waals surface area contributed by atoms with E-state index >= 15 is 0 Å². The third-order valence-corrected chi connectivity index (χ3v) is 13.8. The average molecular weight is 1050 g/mol. The van der Waals surface area contributed by atoms with Crippen LogP contribution in [0.15, 0.2) is 85.1 Å². The van der Waals surface area contributed by atoms with Gasteiger partial charge in [0.15, 0.2) is 12.4 Å². The summed E-state index contributed by atoms with van der Waals surface area (Å²) in [5.41, 5.74) is 0. The number of rotatable bonds is 50. The SMILES string of the molecule is CC/C=C\C/C=C\C/C=C\C/C=C\C/C=C\CCC(O)C(=O)NC(COC1OC(CO)C(O)C(O)C1OC(=O)CCCCCCCCC/C=C/CCCCCCCC)C(O)/C=C/CCCCCCCCCCCCC. The number of allylic oxidation sites excluding steroid dienone is 13.